The van der Waals surface area contributed by atoms with Gasteiger partial charge in [0.2, 0.25) is 0 Å². The van der Waals surface area contributed by atoms with E-state index >= 15 is 0 Å². The molecule has 2 N–H and O–H groups in total. The lowest BCUT2D eigenvalue weighted by Gasteiger charge is -2.20. The Hall–Kier alpha value is -2.13. The Kier molecular flexibility index (Phi) is 4.02. The van der Waals surface area contributed by atoms with Crippen molar-refractivity contribution in [3.8, 4) is 5.75 Å². The van der Waals surface area contributed by atoms with Gasteiger partial charge in [0.15, 0.2) is 5.78 Å². The number of ether oxygens (including phenoxy) is 1. The van der Waals surface area contributed by atoms with Gasteiger partial charge < -0.3 is 10.5 Å². The van der Waals surface area contributed by atoms with E-state index in [1.807, 2.05) is 42.5 Å². The third-order valence-corrected chi connectivity index (χ3v) is 3.92. The highest BCUT2D eigenvalue weighted by molar-refractivity contribution is 6.00. The van der Waals surface area contributed by atoms with Gasteiger partial charge in [0.05, 0.1) is 12.2 Å². The average molecular weight is 281 g/mol. The van der Waals surface area contributed by atoms with Gasteiger partial charge in [-0.15, -0.1) is 0 Å². The van der Waals surface area contributed by atoms with Gasteiger partial charge in [-0.25, -0.2) is 0 Å². The second kappa shape index (κ2) is 6.10. The molecule has 21 heavy (non-hydrogen) atoms. The van der Waals surface area contributed by atoms with Gasteiger partial charge in [-0.1, -0.05) is 36.4 Å². The van der Waals surface area contributed by atoms with Crippen molar-refractivity contribution in [3.63, 3.8) is 0 Å². The number of nitrogens with two attached hydrogens (primary N) is 1. The molecule has 2 aromatic rings. The molecule has 0 amide bonds. The van der Waals surface area contributed by atoms with Crippen LogP contribution in [0.15, 0.2) is 42.5 Å². The Morgan fingerprint density at radius 3 is 2.71 bits per heavy atom. The standard InChI is InChI=1S/C18H19NO2/c19-12-15-6-2-1-5-14(15)11-17(20)16-9-3-7-13-8-4-10-21-18(13)16/h1-3,5-7,9H,4,8,10-12,19H2. The molecule has 0 spiro atoms. The molecule has 0 atom stereocenters. The quantitative estimate of drug-likeness (QED) is 0.877. The highest BCUT2D eigenvalue weighted by Crippen LogP contribution is 2.30. The number of Topliss-reactive ketones (excluding diaryl/α,β-unsaturated/α-hetero) is 1. The number of para-hydroxylation sites is 1. The molecule has 2 aromatic carbocycles. The molecule has 3 rings (SSSR count). The molecule has 0 saturated carbocycles. The van der Waals surface area contributed by atoms with Crippen LogP contribution in [-0.2, 0) is 19.4 Å². The molecule has 0 aromatic heterocycles. The van der Waals surface area contributed by atoms with Crippen molar-refractivity contribution in [1.82, 2.24) is 0 Å². The average Bonchev–Trinajstić information content (AvgIpc) is 2.54. The number of hydrogen-bond acceptors (Lipinski definition) is 3. The monoisotopic (exact) mass is 281 g/mol. The Morgan fingerprint density at radius 2 is 1.90 bits per heavy atom. The minimum atomic E-state index is 0.0923. The lowest BCUT2D eigenvalue weighted by Crippen LogP contribution is -2.14. The van der Waals surface area contributed by atoms with Gasteiger partial charge in [-0.05, 0) is 35.6 Å². The van der Waals surface area contributed by atoms with E-state index in [1.54, 1.807) is 0 Å². The Balaban J connectivity index is 1.89. The van der Waals surface area contributed by atoms with E-state index in [1.165, 1.54) is 0 Å². The van der Waals surface area contributed by atoms with Gasteiger partial charge in [0.1, 0.15) is 5.75 Å². The topological polar surface area (TPSA) is 52.3 Å². The SMILES string of the molecule is NCc1ccccc1CC(=O)c1cccc2c1OCCC2. The third-order valence-electron chi connectivity index (χ3n) is 3.92. The van der Waals surface area contributed by atoms with Crippen molar-refractivity contribution in [2.75, 3.05) is 6.61 Å². The van der Waals surface area contributed by atoms with Crippen molar-refractivity contribution >= 4 is 5.78 Å². The molecule has 0 unspecified atom stereocenters. The van der Waals surface area contributed by atoms with E-state index in [4.69, 9.17) is 10.5 Å². The van der Waals surface area contributed by atoms with Crippen molar-refractivity contribution in [1.29, 1.82) is 0 Å². The number of rotatable bonds is 4. The third kappa shape index (κ3) is 2.83. The smallest absolute Gasteiger partial charge is 0.170 e. The highest BCUT2D eigenvalue weighted by Gasteiger charge is 2.19. The number of carbonyl (C=O) groups excluding carboxylic acids is 1. The van der Waals surface area contributed by atoms with Crippen LogP contribution < -0.4 is 10.5 Å². The molecular formula is C18H19NO2. The summed E-state index contributed by atoms with van der Waals surface area (Å²) in [6, 6.07) is 13.7. The summed E-state index contributed by atoms with van der Waals surface area (Å²) in [5.74, 6) is 0.869. The fraction of sp³-hybridized carbons (Fsp3) is 0.278. The van der Waals surface area contributed by atoms with Gasteiger partial charge in [-0.2, -0.15) is 0 Å². The number of hydrogen-bond donors (Lipinski definition) is 1. The summed E-state index contributed by atoms with van der Waals surface area (Å²) in [5.41, 5.74) is 9.59. The maximum absolute atomic E-state index is 12.6. The minimum Gasteiger partial charge on any atom is -0.493 e. The molecule has 1 heterocycles. The van der Waals surface area contributed by atoms with Crippen LogP contribution in [0.3, 0.4) is 0 Å². The van der Waals surface area contributed by atoms with Crippen molar-refractivity contribution in [3.05, 3.63) is 64.7 Å². The molecule has 0 bridgehead atoms. The Morgan fingerprint density at radius 1 is 1.10 bits per heavy atom. The van der Waals surface area contributed by atoms with Crippen molar-refractivity contribution < 1.29 is 9.53 Å². The molecule has 3 heteroatoms. The summed E-state index contributed by atoms with van der Waals surface area (Å²) in [5, 5.41) is 0. The van der Waals surface area contributed by atoms with E-state index < -0.39 is 0 Å². The molecule has 108 valence electrons. The zero-order valence-electron chi connectivity index (χ0n) is 12.0. The minimum absolute atomic E-state index is 0.0923. The van der Waals surface area contributed by atoms with E-state index in [2.05, 4.69) is 0 Å². The number of carbonyl (C=O) groups is 1. The fourth-order valence-electron chi connectivity index (χ4n) is 2.81. The number of fused-ring (bicyclic) bond motifs is 1. The summed E-state index contributed by atoms with van der Waals surface area (Å²) in [6.45, 7) is 1.14. The highest BCUT2D eigenvalue weighted by atomic mass is 16.5. The van der Waals surface area contributed by atoms with Crippen LogP contribution in [-0.4, -0.2) is 12.4 Å². The lowest BCUT2D eigenvalue weighted by atomic mass is 9.95. The largest absolute Gasteiger partial charge is 0.493 e. The van der Waals surface area contributed by atoms with Gasteiger partial charge in [0.25, 0.3) is 0 Å². The van der Waals surface area contributed by atoms with Crippen LogP contribution in [0.1, 0.15) is 33.5 Å². The first kappa shape index (κ1) is 13.8. The summed E-state index contributed by atoms with van der Waals surface area (Å²) in [4.78, 5) is 12.6. The number of aryl methyl sites for hydroxylation is 1. The number of ketones is 1. The maximum atomic E-state index is 12.6. The summed E-state index contributed by atoms with van der Waals surface area (Å²) in [7, 11) is 0. The normalized spacial score (nSPS) is 13.4. The molecule has 1 aliphatic heterocycles. The summed E-state index contributed by atoms with van der Waals surface area (Å²) >= 11 is 0. The fourth-order valence-corrected chi connectivity index (χ4v) is 2.81. The van der Waals surface area contributed by atoms with Crippen LogP contribution in [0.4, 0.5) is 0 Å². The first-order chi connectivity index (χ1) is 10.3. The maximum Gasteiger partial charge on any atom is 0.170 e. The molecule has 1 aliphatic rings. The molecule has 0 radical (unpaired) electrons. The molecular weight excluding hydrogens is 262 g/mol. The predicted molar refractivity (Wildman–Crippen MR) is 82.6 cm³/mol. The van der Waals surface area contributed by atoms with Crippen LogP contribution in [0.2, 0.25) is 0 Å². The molecule has 3 nitrogen and oxygen atoms in total. The van der Waals surface area contributed by atoms with Gasteiger partial charge in [-0.3, -0.25) is 4.79 Å². The second-order valence-electron chi connectivity index (χ2n) is 5.32. The first-order valence-electron chi connectivity index (χ1n) is 7.34. The number of benzene rings is 2. The first-order valence-corrected chi connectivity index (χ1v) is 7.34. The Bertz CT molecular complexity index is 664. The van der Waals surface area contributed by atoms with Crippen LogP contribution in [0, 0.1) is 0 Å². The van der Waals surface area contributed by atoms with Crippen LogP contribution in [0.25, 0.3) is 0 Å². The second-order valence-corrected chi connectivity index (χ2v) is 5.32. The zero-order chi connectivity index (χ0) is 14.7. The summed E-state index contributed by atoms with van der Waals surface area (Å²) < 4.78 is 5.72. The van der Waals surface area contributed by atoms with E-state index in [0.717, 1.165) is 35.3 Å². The van der Waals surface area contributed by atoms with Gasteiger partial charge in [0, 0.05) is 13.0 Å². The van der Waals surface area contributed by atoms with Crippen molar-refractivity contribution in [2.45, 2.75) is 25.8 Å². The molecule has 0 saturated heterocycles. The van der Waals surface area contributed by atoms with Crippen molar-refractivity contribution in [2.24, 2.45) is 5.73 Å². The van der Waals surface area contributed by atoms with Crippen LogP contribution >= 0.6 is 0 Å². The lowest BCUT2D eigenvalue weighted by molar-refractivity contribution is 0.0987. The van der Waals surface area contributed by atoms with Gasteiger partial charge >= 0.3 is 0 Å². The van der Waals surface area contributed by atoms with E-state index in [0.29, 0.717) is 25.1 Å². The van der Waals surface area contributed by atoms with E-state index in [9.17, 15) is 4.79 Å². The van der Waals surface area contributed by atoms with E-state index in [-0.39, 0.29) is 5.78 Å². The van der Waals surface area contributed by atoms with Crippen LogP contribution in [0.5, 0.6) is 5.75 Å². The molecule has 0 aliphatic carbocycles. The summed E-state index contributed by atoms with van der Waals surface area (Å²) in [6.07, 6.45) is 2.36. The molecule has 0 fully saturated rings. The zero-order valence-corrected chi connectivity index (χ0v) is 12.0. The predicted octanol–water partition coefficient (Wildman–Crippen LogP) is 2.90. The Labute approximate surface area is 124 Å².